The summed E-state index contributed by atoms with van der Waals surface area (Å²) in [5.74, 6) is 1.78. The molecule has 0 aliphatic carbocycles. The van der Waals surface area contributed by atoms with Crippen molar-refractivity contribution in [3.05, 3.63) is 29.8 Å². The zero-order chi connectivity index (χ0) is 17.7. The Bertz CT molecular complexity index is 523. The van der Waals surface area contributed by atoms with Crippen molar-refractivity contribution in [2.75, 3.05) is 46.6 Å². The molecule has 0 amide bonds. The van der Waals surface area contributed by atoms with Gasteiger partial charge in [-0.05, 0) is 37.8 Å². The molecule has 1 aliphatic rings. The molecule has 1 atom stereocenters. The Morgan fingerprint density at radius 2 is 1.92 bits per heavy atom. The number of aryl methyl sites for hydroxylation is 1. The molecule has 0 saturated carbocycles. The lowest BCUT2D eigenvalue weighted by Crippen LogP contribution is -2.38. The summed E-state index contributed by atoms with van der Waals surface area (Å²) in [5, 5.41) is 6.60. The molecule has 1 fully saturated rings. The van der Waals surface area contributed by atoms with Crippen LogP contribution in [-0.4, -0.2) is 58.6 Å². The molecule has 0 spiro atoms. The Kier molecular flexibility index (Phi) is 12.4. The molecule has 1 aromatic rings. The van der Waals surface area contributed by atoms with Crippen LogP contribution in [0.2, 0.25) is 0 Å². The Morgan fingerprint density at radius 3 is 2.58 bits per heavy atom. The second-order valence-electron chi connectivity index (χ2n) is 6.10. The highest BCUT2D eigenvalue weighted by molar-refractivity contribution is 14.0. The first kappa shape index (κ1) is 23.0. The third-order valence-corrected chi connectivity index (χ3v) is 4.04. The quantitative estimate of drug-likeness (QED) is 0.235. The van der Waals surface area contributed by atoms with E-state index in [1.54, 1.807) is 7.05 Å². The van der Waals surface area contributed by atoms with Crippen molar-refractivity contribution in [1.29, 1.82) is 0 Å². The summed E-state index contributed by atoms with van der Waals surface area (Å²) in [6.45, 7) is 6.72. The zero-order valence-corrected chi connectivity index (χ0v) is 18.2. The Labute approximate surface area is 174 Å². The Morgan fingerprint density at radius 1 is 1.19 bits per heavy atom. The average molecular weight is 477 g/mol. The molecule has 1 heterocycles. The van der Waals surface area contributed by atoms with Crippen molar-refractivity contribution < 1.29 is 14.2 Å². The fourth-order valence-corrected chi connectivity index (χ4v) is 2.57. The molecule has 6 nitrogen and oxygen atoms in total. The van der Waals surface area contributed by atoms with Gasteiger partial charge < -0.3 is 24.8 Å². The first-order chi connectivity index (χ1) is 12.3. The van der Waals surface area contributed by atoms with E-state index in [9.17, 15) is 0 Å². The zero-order valence-electron chi connectivity index (χ0n) is 15.8. The van der Waals surface area contributed by atoms with Crippen LogP contribution in [0.25, 0.3) is 0 Å². The van der Waals surface area contributed by atoms with E-state index in [-0.39, 0.29) is 30.1 Å². The number of halogens is 1. The van der Waals surface area contributed by atoms with Gasteiger partial charge in [0, 0.05) is 33.4 Å². The molecular formula is C19H32IN3O3. The monoisotopic (exact) mass is 477 g/mol. The van der Waals surface area contributed by atoms with Gasteiger partial charge in [0.2, 0.25) is 0 Å². The van der Waals surface area contributed by atoms with Crippen LogP contribution in [0.4, 0.5) is 0 Å². The van der Waals surface area contributed by atoms with Crippen LogP contribution in [0.5, 0.6) is 5.75 Å². The Balaban J connectivity index is 0.00000338. The summed E-state index contributed by atoms with van der Waals surface area (Å²) in [5.41, 5.74) is 1.17. The number of rotatable bonds is 10. The van der Waals surface area contributed by atoms with Crippen LogP contribution < -0.4 is 15.4 Å². The van der Waals surface area contributed by atoms with Gasteiger partial charge >= 0.3 is 0 Å². The number of nitrogens with one attached hydrogen (secondary N) is 2. The smallest absolute Gasteiger partial charge is 0.190 e. The highest BCUT2D eigenvalue weighted by Crippen LogP contribution is 2.15. The van der Waals surface area contributed by atoms with E-state index in [2.05, 4.69) is 28.6 Å². The minimum absolute atomic E-state index is 0. The van der Waals surface area contributed by atoms with Crippen LogP contribution >= 0.6 is 24.0 Å². The number of guanidine groups is 1. The molecular weight excluding hydrogens is 445 g/mol. The van der Waals surface area contributed by atoms with Gasteiger partial charge in [-0.25, -0.2) is 0 Å². The third kappa shape index (κ3) is 9.05. The van der Waals surface area contributed by atoms with Crippen molar-refractivity contribution >= 4 is 29.9 Å². The van der Waals surface area contributed by atoms with E-state index in [0.29, 0.717) is 6.61 Å². The van der Waals surface area contributed by atoms with Crippen molar-refractivity contribution in [2.24, 2.45) is 4.99 Å². The van der Waals surface area contributed by atoms with Gasteiger partial charge in [-0.15, -0.1) is 24.0 Å². The van der Waals surface area contributed by atoms with E-state index < -0.39 is 0 Å². The number of ether oxygens (including phenoxy) is 3. The standard InChI is InChI=1S/C19H31N3O3.HI/c1-16-7-3-4-8-18(16)25-13-6-11-22-19(20-2)21-10-5-12-24-17-9-14-23-15-17;/h3-4,7-8,17H,5-6,9-15H2,1-2H3,(H2,20,21,22);1H. The van der Waals surface area contributed by atoms with Crippen LogP contribution in [0, 0.1) is 6.92 Å². The number of para-hydroxylation sites is 1. The highest BCUT2D eigenvalue weighted by Gasteiger charge is 2.15. The normalized spacial score (nSPS) is 16.8. The van der Waals surface area contributed by atoms with Crippen LogP contribution in [-0.2, 0) is 9.47 Å². The fourth-order valence-electron chi connectivity index (χ4n) is 2.57. The molecule has 0 bridgehead atoms. The van der Waals surface area contributed by atoms with E-state index in [1.165, 1.54) is 5.56 Å². The molecule has 7 heteroatoms. The molecule has 1 aromatic carbocycles. The molecule has 0 radical (unpaired) electrons. The second kappa shape index (κ2) is 14.1. The number of nitrogens with zero attached hydrogens (tertiary/aromatic N) is 1. The van der Waals surface area contributed by atoms with Gasteiger partial charge in [0.25, 0.3) is 0 Å². The van der Waals surface area contributed by atoms with Crippen molar-refractivity contribution in [3.63, 3.8) is 0 Å². The summed E-state index contributed by atoms with van der Waals surface area (Å²) in [6.07, 6.45) is 3.17. The lowest BCUT2D eigenvalue weighted by atomic mass is 10.2. The number of benzene rings is 1. The first-order valence-corrected chi connectivity index (χ1v) is 9.12. The van der Waals surface area contributed by atoms with Gasteiger partial charge in [0.15, 0.2) is 5.96 Å². The summed E-state index contributed by atoms with van der Waals surface area (Å²) in [7, 11) is 1.78. The Hall–Kier alpha value is -1.06. The van der Waals surface area contributed by atoms with Crippen LogP contribution in [0.1, 0.15) is 24.8 Å². The lowest BCUT2D eigenvalue weighted by Gasteiger charge is -2.13. The predicted octanol–water partition coefficient (Wildman–Crippen LogP) is 2.74. The number of hydrogen-bond acceptors (Lipinski definition) is 4. The minimum Gasteiger partial charge on any atom is -0.493 e. The van der Waals surface area contributed by atoms with Crippen molar-refractivity contribution in [2.45, 2.75) is 32.3 Å². The van der Waals surface area contributed by atoms with E-state index in [4.69, 9.17) is 14.2 Å². The van der Waals surface area contributed by atoms with Gasteiger partial charge in [-0.2, -0.15) is 0 Å². The maximum absolute atomic E-state index is 5.79. The van der Waals surface area contributed by atoms with Crippen molar-refractivity contribution in [3.8, 4) is 5.75 Å². The SMILES string of the molecule is CN=C(NCCCOc1ccccc1C)NCCCOC1CCOC1.I. The van der Waals surface area contributed by atoms with E-state index in [1.807, 2.05) is 18.2 Å². The van der Waals surface area contributed by atoms with Gasteiger partial charge in [-0.3, -0.25) is 4.99 Å². The van der Waals surface area contributed by atoms with Crippen LogP contribution in [0.15, 0.2) is 29.3 Å². The average Bonchev–Trinajstić information content (AvgIpc) is 3.14. The van der Waals surface area contributed by atoms with Gasteiger partial charge in [0.05, 0.1) is 19.3 Å². The molecule has 0 aromatic heterocycles. The first-order valence-electron chi connectivity index (χ1n) is 9.12. The van der Waals surface area contributed by atoms with Gasteiger partial charge in [-0.1, -0.05) is 18.2 Å². The summed E-state index contributed by atoms with van der Waals surface area (Å²) in [4.78, 5) is 4.23. The van der Waals surface area contributed by atoms with E-state index in [0.717, 1.165) is 63.9 Å². The second-order valence-corrected chi connectivity index (χ2v) is 6.10. The topological polar surface area (TPSA) is 64.1 Å². The summed E-state index contributed by atoms with van der Waals surface area (Å²) < 4.78 is 16.8. The molecule has 2 N–H and O–H groups in total. The predicted molar refractivity (Wildman–Crippen MR) is 116 cm³/mol. The fraction of sp³-hybridized carbons (Fsp3) is 0.632. The molecule has 1 aliphatic heterocycles. The maximum Gasteiger partial charge on any atom is 0.190 e. The minimum atomic E-state index is 0. The van der Waals surface area contributed by atoms with Crippen molar-refractivity contribution in [1.82, 2.24) is 10.6 Å². The molecule has 26 heavy (non-hydrogen) atoms. The van der Waals surface area contributed by atoms with E-state index >= 15 is 0 Å². The largest absolute Gasteiger partial charge is 0.493 e. The van der Waals surface area contributed by atoms with Gasteiger partial charge in [0.1, 0.15) is 5.75 Å². The van der Waals surface area contributed by atoms with Crippen LogP contribution in [0.3, 0.4) is 0 Å². The molecule has 1 saturated heterocycles. The maximum atomic E-state index is 5.79. The number of hydrogen-bond donors (Lipinski definition) is 2. The third-order valence-electron chi connectivity index (χ3n) is 4.04. The number of aliphatic imine (C=N–C) groups is 1. The molecule has 1 unspecified atom stereocenters. The highest BCUT2D eigenvalue weighted by atomic mass is 127. The summed E-state index contributed by atoms with van der Waals surface area (Å²) >= 11 is 0. The lowest BCUT2D eigenvalue weighted by molar-refractivity contribution is 0.0420. The molecule has 2 rings (SSSR count). The summed E-state index contributed by atoms with van der Waals surface area (Å²) in [6, 6.07) is 8.08. The molecule has 148 valence electrons.